The largest absolute Gasteiger partial charge is 0.348 e. The van der Waals surface area contributed by atoms with Crippen molar-refractivity contribution in [2.75, 3.05) is 11.4 Å². The Morgan fingerprint density at radius 1 is 1.16 bits per heavy atom. The van der Waals surface area contributed by atoms with Gasteiger partial charge in [0.2, 0.25) is 0 Å². The highest BCUT2D eigenvalue weighted by molar-refractivity contribution is 5.93. The SMILES string of the molecule is CCn1c(C)c(C)c2ccnc(N3CCc4ccccc4C3C)c21.Cl. The van der Waals surface area contributed by atoms with E-state index in [1.165, 1.54) is 33.3 Å². The van der Waals surface area contributed by atoms with E-state index in [0.29, 0.717) is 6.04 Å². The van der Waals surface area contributed by atoms with Crippen molar-refractivity contribution in [2.24, 2.45) is 0 Å². The predicted molar refractivity (Wildman–Crippen MR) is 108 cm³/mol. The summed E-state index contributed by atoms with van der Waals surface area (Å²) in [5.41, 5.74) is 6.94. The third-order valence-corrected chi connectivity index (χ3v) is 5.71. The molecule has 0 saturated carbocycles. The summed E-state index contributed by atoms with van der Waals surface area (Å²) in [6.07, 6.45) is 3.06. The first-order chi connectivity index (χ1) is 11.6. The van der Waals surface area contributed by atoms with Crippen molar-refractivity contribution in [1.29, 1.82) is 0 Å². The second-order valence-corrected chi connectivity index (χ2v) is 6.80. The van der Waals surface area contributed by atoms with Crippen molar-refractivity contribution in [3.05, 3.63) is 58.9 Å². The van der Waals surface area contributed by atoms with Crippen LogP contribution >= 0.6 is 12.4 Å². The van der Waals surface area contributed by atoms with Gasteiger partial charge in [-0.1, -0.05) is 24.3 Å². The highest BCUT2D eigenvalue weighted by Gasteiger charge is 2.27. The van der Waals surface area contributed by atoms with Gasteiger partial charge >= 0.3 is 0 Å². The number of anilines is 1. The lowest BCUT2D eigenvalue weighted by atomic mass is 9.93. The second kappa shape index (κ2) is 6.72. The molecule has 0 fully saturated rings. The molecule has 4 heteroatoms. The summed E-state index contributed by atoms with van der Waals surface area (Å²) in [6, 6.07) is 11.3. The number of aryl methyl sites for hydroxylation is 2. The molecule has 3 nitrogen and oxygen atoms in total. The minimum absolute atomic E-state index is 0. The van der Waals surface area contributed by atoms with Crippen LogP contribution in [-0.2, 0) is 13.0 Å². The standard InChI is InChI=1S/C21H25N3.ClH/c1-5-23-15(3)14(2)18-10-12-22-21(20(18)23)24-13-11-17-8-6-7-9-19(17)16(24)4;/h6-10,12,16H,5,11,13H2,1-4H3;1H. The van der Waals surface area contributed by atoms with Crippen LogP contribution in [0.2, 0.25) is 0 Å². The van der Waals surface area contributed by atoms with Gasteiger partial charge in [0, 0.05) is 30.4 Å². The molecule has 0 N–H and O–H groups in total. The van der Waals surface area contributed by atoms with E-state index in [9.17, 15) is 0 Å². The smallest absolute Gasteiger partial charge is 0.153 e. The van der Waals surface area contributed by atoms with Crippen molar-refractivity contribution < 1.29 is 0 Å². The molecule has 1 aliphatic heterocycles. The molecule has 1 unspecified atom stereocenters. The normalized spacial score (nSPS) is 16.6. The molecule has 0 aliphatic carbocycles. The summed E-state index contributed by atoms with van der Waals surface area (Å²) in [7, 11) is 0. The van der Waals surface area contributed by atoms with Crippen LogP contribution in [0.1, 0.15) is 42.3 Å². The Morgan fingerprint density at radius 3 is 2.68 bits per heavy atom. The van der Waals surface area contributed by atoms with E-state index in [4.69, 9.17) is 4.98 Å². The van der Waals surface area contributed by atoms with E-state index in [0.717, 1.165) is 25.3 Å². The fourth-order valence-electron chi connectivity index (χ4n) is 4.24. The van der Waals surface area contributed by atoms with E-state index in [1.807, 2.05) is 6.20 Å². The molecule has 1 aromatic carbocycles. The van der Waals surface area contributed by atoms with Crippen LogP contribution in [0.15, 0.2) is 36.5 Å². The van der Waals surface area contributed by atoms with E-state index in [-0.39, 0.29) is 12.4 Å². The first-order valence-corrected chi connectivity index (χ1v) is 8.92. The highest BCUT2D eigenvalue weighted by atomic mass is 35.5. The van der Waals surface area contributed by atoms with Gasteiger partial charge in [0.05, 0.1) is 11.6 Å². The number of rotatable bonds is 2. The molecule has 3 heterocycles. The maximum Gasteiger partial charge on any atom is 0.153 e. The molecule has 3 aromatic rings. The van der Waals surface area contributed by atoms with Crippen molar-refractivity contribution in [2.45, 2.75) is 46.7 Å². The van der Waals surface area contributed by atoms with Crippen LogP contribution in [0.25, 0.3) is 10.9 Å². The van der Waals surface area contributed by atoms with E-state index >= 15 is 0 Å². The number of benzene rings is 1. The minimum atomic E-state index is 0. The predicted octanol–water partition coefficient (Wildman–Crippen LogP) is 5.22. The summed E-state index contributed by atoms with van der Waals surface area (Å²) in [5, 5.41) is 1.34. The van der Waals surface area contributed by atoms with Gasteiger partial charge in [-0.2, -0.15) is 0 Å². The second-order valence-electron chi connectivity index (χ2n) is 6.80. The summed E-state index contributed by atoms with van der Waals surface area (Å²) in [4.78, 5) is 7.30. The van der Waals surface area contributed by atoms with Gasteiger partial charge in [-0.3, -0.25) is 0 Å². The zero-order valence-corrected chi connectivity index (χ0v) is 16.2. The summed E-state index contributed by atoms with van der Waals surface area (Å²) < 4.78 is 2.42. The average Bonchev–Trinajstić information content (AvgIpc) is 2.86. The molecule has 0 radical (unpaired) electrons. The van der Waals surface area contributed by atoms with Gasteiger partial charge in [-0.25, -0.2) is 4.98 Å². The molecular weight excluding hydrogens is 330 g/mol. The molecule has 25 heavy (non-hydrogen) atoms. The fraction of sp³-hybridized carbons (Fsp3) is 0.381. The molecule has 0 bridgehead atoms. The lowest BCUT2D eigenvalue weighted by Gasteiger charge is -2.36. The highest BCUT2D eigenvalue weighted by Crippen LogP contribution is 2.37. The zero-order chi connectivity index (χ0) is 16.8. The molecule has 0 amide bonds. The maximum absolute atomic E-state index is 4.82. The Labute approximate surface area is 156 Å². The molecular formula is C21H26ClN3. The van der Waals surface area contributed by atoms with Gasteiger partial charge < -0.3 is 9.47 Å². The van der Waals surface area contributed by atoms with Crippen molar-refractivity contribution in [3.8, 4) is 0 Å². The fourth-order valence-corrected chi connectivity index (χ4v) is 4.24. The first-order valence-electron chi connectivity index (χ1n) is 8.92. The third-order valence-electron chi connectivity index (χ3n) is 5.71. The number of hydrogen-bond donors (Lipinski definition) is 0. The maximum atomic E-state index is 4.82. The lowest BCUT2D eigenvalue weighted by Crippen LogP contribution is -2.34. The van der Waals surface area contributed by atoms with Crippen molar-refractivity contribution in [1.82, 2.24) is 9.55 Å². The summed E-state index contributed by atoms with van der Waals surface area (Å²) in [6.45, 7) is 11.0. The Hall–Kier alpha value is -2.00. The zero-order valence-electron chi connectivity index (χ0n) is 15.4. The van der Waals surface area contributed by atoms with Crippen LogP contribution < -0.4 is 4.90 Å². The van der Waals surface area contributed by atoms with Gasteiger partial charge in [-0.15, -0.1) is 12.4 Å². The molecule has 132 valence electrons. The number of fused-ring (bicyclic) bond motifs is 2. The molecule has 1 aliphatic rings. The Kier molecular flexibility index (Phi) is 4.79. The van der Waals surface area contributed by atoms with Crippen molar-refractivity contribution >= 4 is 29.1 Å². The van der Waals surface area contributed by atoms with Crippen LogP contribution in [0, 0.1) is 13.8 Å². The third kappa shape index (κ3) is 2.62. The molecule has 1 atom stereocenters. The molecule has 2 aromatic heterocycles. The van der Waals surface area contributed by atoms with Crippen LogP contribution in [-0.4, -0.2) is 16.1 Å². The van der Waals surface area contributed by atoms with E-state index in [1.54, 1.807) is 0 Å². The van der Waals surface area contributed by atoms with Gasteiger partial charge in [0.25, 0.3) is 0 Å². The van der Waals surface area contributed by atoms with Crippen LogP contribution in [0.5, 0.6) is 0 Å². The van der Waals surface area contributed by atoms with Gasteiger partial charge in [-0.05, 0) is 56.9 Å². The molecule has 0 saturated heterocycles. The van der Waals surface area contributed by atoms with E-state index in [2.05, 4.69) is 67.5 Å². The quantitative estimate of drug-likeness (QED) is 0.628. The van der Waals surface area contributed by atoms with Crippen LogP contribution in [0.3, 0.4) is 0 Å². The Bertz CT molecular complexity index is 913. The monoisotopic (exact) mass is 355 g/mol. The van der Waals surface area contributed by atoms with Crippen molar-refractivity contribution in [3.63, 3.8) is 0 Å². The number of halogens is 1. The number of nitrogens with zero attached hydrogens (tertiary/aromatic N) is 3. The number of hydrogen-bond acceptors (Lipinski definition) is 2. The number of pyridine rings is 1. The molecule has 0 spiro atoms. The van der Waals surface area contributed by atoms with E-state index < -0.39 is 0 Å². The summed E-state index contributed by atoms with van der Waals surface area (Å²) in [5.74, 6) is 1.13. The topological polar surface area (TPSA) is 21.1 Å². The first kappa shape index (κ1) is 17.8. The minimum Gasteiger partial charge on any atom is -0.348 e. The lowest BCUT2D eigenvalue weighted by molar-refractivity contribution is 0.617. The Balaban J connectivity index is 0.00000182. The van der Waals surface area contributed by atoms with Gasteiger partial charge in [0.15, 0.2) is 5.82 Å². The molecule has 4 rings (SSSR count). The Morgan fingerprint density at radius 2 is 1.92 bits per heavy atom. The van der Waals surface area contributed by atoms with Crippen LogP contribution in [0.4, 0.5) is 5.82 Å². The summed E-state index contributed by atoms with van der Waals surface area (Å²) >= 11 is 0. The van der Waals surface area contributed by atoms with Gasteiger partial charge in [0.1, 0.15) is 0 Å². The number of aromatic nitrogens is 2. The average molecular weight is 356 g/mol.